The second-order valence-electron chi connectivity index (χ2n) is 6.01. The maximum absolute atomic E-state index is 13.6. The Balaban J connectivity index is 1.58. The summed E-state index contributed by atoms with van der Waals surface area (Å²) in [5.74, 6) is -1.45. The van der Waals surface area contributed by atoms with E-state index in [9.17, 15) is 14.0 Å². The number of nitrogens with one attached hydrogen (secondary N) is 1. The predicted molar refractivity (Wildman–Crippen MR) is 104 cm³/mol. The average molecular weight is 376 g/mol. The molecule has 0 spiro atoms. The Morgan fingerprint density at radius 2 is 1.75 bits per heavy atom. The number of carbonyl (C=O) groups is 2. The zero-order chi connectivity index (χ0) is 19.9. The number of amides is 1. The third-order valence-corrected chi connectivity index (χ3v) is 3.84. The number of ether oxygens (including phenoxy) is 1. The summed E-state index contributed by atoms with van der Waals surface area (Å²) in [7, 11) is 0. The molecule has 0 radical (unpaired) electrons. The van der Waals surface area contributed by atoms with Crippen molar-refractivity contribution in [3.63, 3.8) is 0 Å². The Bertz CT molecular complexity index is 1030. The molecule has 0 atom stereocenters. The van der Waals surface area contributed by atoms with Crippen molar-refractivity contribution in [1.82, 2.24) is 5.43 Å². The molecule has 0 fully saturated rings. The van der Waals surface area contributed by atoms with Gasteiger partial charge in [0.1, 0.15) is 11.6 Å². The Labute approximate surface area is 161 Å². The van der Waals surface area contributed by atoms with Crippen LogP contribution in [0.3, 0.4) is 0 Å². The van der Waals surface area contributed by atoms with Gasteiger partial charge < -0.3 is 4.74 Å². The molecular weight excluding hydrogens is 359 g/mol. The van der Waals surface area contributed by atoms with Crippen LogP contribution in [0.4, 0.5) is 4.39 Å². The Morgan fingerprint density at radius 1 is 1.00 bits per heavy atom. The summed E-state index contributed by atoms with van der Waals surface area (Å²) in [5.41, 5.74) is 4.51. The number of rotatable bonds is 5. The molecule has 6 heteroatoms. The average Bonchev–Trinajstić information content (AvgIpc) is 2.69. The number of hydrogen-bond donors (Lipinski definition) is 1. The number of halogens is 1. The Kier molecular flexibility index (Phi) is 5.91. The molecule has 0 aliphatic rings. The van der Waals surface area contributed by atoms with E-state index in [2.05, 4.69) is 10.5 Å². The highest BCUT2D eigenvalue weighted by molar-refractivity contribution is 5.95. The lowest BCUT2D eigenvalue weighted by Gasteiger charge is -2.05. The number of hydrogen-bond acceptors (Lipinski definition) is 4. The maximum Gasteiger partial charge on any atom is 0.346 e. The molecule has 5 nitrogen and oxygen atoms in total. The van der Waals surface area contributed by atoms with Gasteiger partial charge in [0.2, 0.25) is 0 Å². The summed E-state index contributed by atoms with van der Waals surface area (Å²) in [6.45, 7) is 1.90. The summed E-state index contributed by atoms with van der Waals surface area (Å²) in [6.07, 6.45) is 1.47. The summed E-state index contributed by atoms with van der Waals surface area (Å²) in [5, 5.41) is 3.92. The number of benzene rings is 3. The lowest BCUT2D eigenvalue weighted by atomic mass is 10.1. The molecule has 1 N–H and O–H groups in total. The van der Waals surface area contributed by atoms with Gasteiger partial charge in [-0.25, -0.2) is 14.6 Å². The van der Waals surface area contributed by atoms with Gasteiger partial charge in [0.25, 0.3) is 5.91 Å². The van der Waals surface area contributed by atoms with Gasteiger partial charge in [0.05, 0.1) is 11.8 Å². The standard InChI is InChI=1S/C22H17FN2O3/c1-15-5-4-6-17(13-15)21(26)25-24-14-16-9-11-18(12-10-16)28-22(27)19-7-2-3-8-20(19)23/h2-14H,1H3,(H,25,26)/b24-14+. The van der Waals surface area contributed by atoms with Gasteiger partial charge in [0.15, 0.2) is 0 Å². The molecule has 3 aromatic carbocycles. The molecule has 0 unspecified atom stereocenters. The van der Waals surface area contributed by atoms with Crippen LogP contribution in [0.25, 0.3) is 0 Å². The van der Waals surface area contributed by atoms with Gasteiger partial charge in [-0.15, -0.1) is 0 Å². The van der Waals surface area contributed by atoms with Crippen molar-refractivity contribution < 1.29 is 18.7 Å². The largest absolute Gasteiger partial charge is 0.423 e. The molecule has 0 saturated carbocycles. The van der Waals surface area contributed by atoms with Gasteiger partial charge in [0, 0.05) is 5.56 Å². The van der Waals surface area contributed by atoms with Crippen molar-refractivity contribution in [1.29, 1.82) is 0 Å². The highest BCUT2D eigenvalue weighted by atomic mass is 19.1. The van der Waals surface area contributed by atoms with Crippen LogP contribution in [-0.2, 0) is 0 Å². The number of esters is 1. The van der Waals surface area contributed by atoms with Crippen LogP contribution in [0.2, 0.25) is 0 Å². The second-order valence-corrected chi connectivity index (χ2v) is 6.01. The van der Waals surface area contributed by atoms with Crippen molar-refractivity contribution >= 4 is 18.1 Å². The minimum absolute atomic E-state index is 0.132. The van der Waals surface area contributed by atoms with Crippen LogP contribution in [0.5, 0.6) is 5.75 Å². The van der Waals surface area contributed by atoms with Crippen molar-refractivity contribution in [2.24, 2.45) is 5.10 Å². The zero-order valence-corrected chi connectivity index (χ0v) is 15.1. The molecule has 3 aromatic rings. The molecule has 1 amide bonds. The fraction of sp³-hybridized carbons (Fsp3) is 0.0455. The van der Waals surface area contributed by atoms with Gasteiger partial charge >= 0.3 is 5.97 Å². The predicted octanol–water partition coefficient (Wildman–Crippen LogP) is 4.12. The second kappa shape index (κ2) is 8.73. The molecule has 3 rings (SSSR count). The normalized spacial score (nSPS) is 10.6. The van der Waals surface area contributed by atoms with Crippen molar-refractivity contribution in [3.05, 3.63) is 101 Å². The Morgan fingerprint density at radius 3 is 2.46 bits per heavy atom. The van der Waals surface area contributed by atoms with E-state index >= 15 is 0 Å². The van der Waals surface area contributed by atoms with Crippen molar-refractivity contribution in [3.8, 4) is 5.75 Å². The minimum atomic E-state index is -0.773. The quantitative estimate of drug-likeness (QED) is 0.315. The molecule has 0 saturated heterocycles. The highest BCUT2D eigenvalue weighted by Gasteiger charge is 2.13. The third-order valence-electron chi connectivity index (χ3n) is 3.84. The van der Waals surface area contributed by atoms with Crippen LogP contribution in [0.1, 0.15) is 31.8 Å². The van der Waals surface area contributed by atoms with Crippen molar-refractivity contribution in [2.75, 3.05) is 0 Å². The first-order chi connectivity index (χ1) is 13.5. The number of nitrogens with zero attached hydrogens (tertiary/aromatic N) is 1. The first-order valence-corrected chi connectivity index (χ1v) is 8.50. The molecule has 0 aliphatic heterocycles. The number of aryl methyl sites for hydroxylation is 1. The van der Waals surface area contributed by atoms with Crippen molar-refractivity contribution in [2.45, 2.75) is 6.92 Å². The van der Waals surface area contributed by atoms with E-state index < -0.39 is 11.8 Å². The van der Waals surface area contributed by atoms with Gasteiger partial charge in [-0.1, -0.05) is 29.8 Å². The maximum atomic E-state index is 13.6. The molecule has 0 bridgehead atoms. The van der Waals surface area contributed by atoms with E-state index in [0.29, 0.717) is 11.1 Å². The van der Waals surface area contributed by atoms with Crippen LogP contribution in [-0.4, -0.2) is 18.1 Å². The lowest BCUT2D eigenvalue weighted by molar-refractivity contribution is 0.0729. The summed E-state index contributed by atoms with van der Waals surface area (Å²) in [6, 6.07) is 19.2. The molecule has 0 heterocycles. The van der Waals surface area contributed by atoms with E-state index in [1.807, 2.05) is 13.0 Å². The van der Waals surface area contributed by atoms with E-state index in [4.69, 9.17) is 4.74 Å². The zero-order valence-electron chi connectivity index (χ0n) is 15.1. The summed E-state index contributed by atoms with van der Waals surface area (Å²) in [4.78, 5) is 24.0. The fourth-order valence-electron chi connectivity index (χ4n) is 2.43. The van der Waals surface area contributed by atoms with Gasteiger partial charge in [-0.2, -0.15) is 5.10 Å². The first kappa shape index (κ1) is 19.0. The van der Waals surface area contributed by atoms with E-state index in [-0.39, 0.29) is 17.2 Å². The number of hydrazone groups is 1. The molecule has 0 aliphatic carbocycles. The van der Waals surface area contributed by atoms with Crippen LogP contribution in [0.15, 0.2) is 77.9 Å². The van der Waals surface area contributed by atoms with Gasteiger partial charge in [-0.3, -0.25) is 4.79 Å². The van der Waals surface area contributed by atoms with E-state index in [0.717, 1.165) is 5.56 Å². The Hall–Kier alpha value is -3.80. The molecule has 0 aromatic heterocycles. The van der Waals surface area contributed by atoms with Crippen LogP contribution >= 0.6 is 0 Å². The topological polar surface area (TPSA) is 67.8 Å². The van der Waals surface area contributed by atoms with Gasteiger partial charge in [-0.05, 0) is 61.0 Å². The van der Waals surface area contributed by atoms with E-state index in [1.165, 1.54) is 24.4 Å². The third kappa shape index (κ3) is 4.88. The van der Waals surface area contributed by atoms with Crippen LogP contribution in [0, 0.1) is 12.7 Å². The number of carbonyl (C=O) groups excluding carboxylic acids is 2. The summed E-state index contributed by atoms with van der Waals surface area (Å²) >= 11 is 0. The summed E-state index contributed by atoms with van der Waals surface area (Å²) < 4.78 is 18.8. The molecule has 140 valence electrons. The molecule has 28 heavy (non-hydrogen) atoms. The SMILES string of the molecule is Cc1cccc(C(=O)N/N=C/c2ccc(OC(=O)c3ccccc3F)cc2)c1. The fourth-order valence-corrected chi connectivity index (χ4v) is 2.43. The minimum Gasteiger partial charge on any atom is -0.423 e. The highest BCUT2D eigenvalue weighted by Crippen LogP contribution is 2.15. The first-order valence-electron chi connectivity index (χ1n) is 8.50. The van der Waals surface area contributed by atoms with Crippen LogP contribution < -0.4 is 10.2 Å². The molecular formula is C22H17FN2O3. The lowest BCUT2D eigenvalue weighted by Crippen LogP contribution is -2.17. The smallest absolute Gasteiger partial charge is 0.346 e. The monoisotopic (exact) mass is 376 g/mol. The van der Waals surface area contributed by atoms with E-state index in [1.54, 1.807) is 48.5 Å².